The monoisotopic (exact) mass is 159 g/mol. The molecule has 0 aliphatic heterocycles. The van der Waals surface area contributed by atoms with Gasteiger partial charge in [-0.1, -0.05) is 0 Å². The maximum atomic E-state index is 5.15. The molecule has 11 heavy (non-hydrogen) atoms. The minimum atomic E-state index is 0.495. The fourth-order valence-electron chi connectivity index (χ4n) is 1.29. The molecule has 0 bridgehead atoms. The molecule has 3 heteroatoms. The second-order valence-corrected chi connectivity index (χ2v) is 2.97. The number of rotatable bonds is 5. The first kappa shape index (κ1) is 8.97. The Balaban J connectivity index is 1.88. The molecule has 1 fully saturated rings. The third kappa shape index (κ3) is 2.77. The van der Waals surface area contributed by atoms with Crippen LogP contribution in [0.1, 0.15) is 12.8 Å². The maximum absolute atomic E-state index is 5.15. The molecular formula is C8H17NO2. The van der Waals surface area contributed by atoms with Crippen LogP contribution in [0.5, 0.6) is 0 Å². The molecule has 0 amide bonds. The molecule has 0 spiro atoms. The number of methoxy groups -OCH3 is 2. The molecule has 1 saturated carbocycles. The molecule has 1 aliphatic rings. The Kier molecular flexibility index (Phi) is 3.83. The molecule has 0 radical (unpaired) electrons. The van der Waals surface area contributed by atoms with Gasteiger partial charge in [0.05, 0.1) is 12.7 Å². The molecule has 0 aromatic heterocycles. The normalized spacial score (nSPS) is 30.0. The van der Waals surface area contributed by atoms with E-state index in [4.69, 9.17) is 9.47 Å². The van der Waals surface area contributed by atoms with Crippen molar-refractivity contribution in [2.75, 3.05) is 27.4 Å². The largest absolute Gasteiger partial charge is 0.383 e. The van der Waals surface area contributed by atoms with Crippen molar-refractivity contribution in [2.45, 2.75) is 25.0 Å². The van der Waals surface area contributed by atoms with Crippen molar-refractivity contribution in [3.63, 3.8) is 0 Å². The van der Waals surface area contributed by atoms with Crippen LogP contribution in [0.25, 0.3) is 0 Å². The Morgan fingerprint density at radius 2 is 2.09 bits per heavy atom. The lowest BCUT2D eigenvalue weighted by Gasteiger charge is -2.34. The van der Waals surface area contributed by atoms with Crippen molar-refractivity contribution in [1.29, 1.82) is 0 Å². The Labute approximate surface area is 68.1 Å². The molecule has 0 aromatic carbocycles. The highest BCUT2D eigenvalue weighted by molar-refractivity contribution is 4.85. The summed E-state index contributed by atoms with van der Waals surface area (Å²) in [5, 5.41) is 3.38. The molecule has 0 unspecified atom stereocenters. The highest BCUT2D eigenvalue weighted by Crippen LogP contribution is 2.21. The smallest absolute Gasteiger partial charge is 0.0601 e. The fourth-order valence-corrected chi connectivity index (χ4v) is 1.29. The average Bonchev–Trinajstić information content (AvgIpc) is 1.94. The third-order valence-electron chi connectivity index (χ3n) is 2.17. The Morgan fingerprint density at radius 3 is 2.64 bits per heavy atom. The molecule has 66 valence electrons. The standard InChI is InChI=1S/C8H17NO2/c1-10-4-3-9-7-5-8(6-7)11-2/h7-9H,3-6H2,1-2H3. The molecule has 0 aromatic rings. The zero-order valence-corrected chi connectivity index (χ0v) is 7.30. The lowest BCUT2D eigenvalue weighted by atomic mass is 9.89. The van der Waals surface area contributed by atoms with Crippen LogP contribution in [0.15, 0.2) is 0 Å². The molecular weight excluding hydrogens is 142 g/mol. The highest BCUT2D eigenvalue weighted by atomic mass is 16.5. The van der Waals surface area contributed by atoms with Crippen molar-refractivity contribution in [3.05, 3.63) is 0 Å². The zero-order chi connectivity index (χ0) is 8.10. The van der Waals surface area contributed by atoms with Crippen molar-refractivity contribution in [1.82, 2.24) is 5.32 Å². The summed E-state index contributed by atoms with van der Waals surface area (Å²) in [7, 11) is 3.50. The van der Waals surface area contributed by atoms with E-state index >= 15 is 0 Å². The second kappa shape index (κ2) is 4.70. The van der Waals surface area contributed by atoms with Crippen LogP contribution in [0.3, 0.4) is 0 Å². The number of hydrogen-bond donors (Lipinski definition) is 1. The summed E-state index contributed by atoms with van der Waals surface area (Å²) in [5.74, 6) is 0. The predicted octanol–water partition coefficient (Wildman–Crippen LogP) is 0.400. The number of nitrogens with one attached hydrogen (secondary N) is 1. The van der Waals surface area contributed by atoms with Gasteiger partial charge in [0.25, 0.3) is 0 Å². The van der Waals surface area contributed by atoms with Crippen molar-refractivity contribution in [3.8, 4) is 0 Å². The summed E-state index contributed by atoms with van der Waals surface area (Å²) in [6.07, 6.45) is 2.80. The average molecular weight is 159 g/mol. The van der Waals surface area contributed by atoms with Gasteiger partial charge >= 0.3 is 0 Å². The summed E-state index contributed by atoms with van der Waals surface area (Å²) < 4.78 is 10.1. The lowest BCUT2D eigenvalue weighted by molar-refractivity contribution is 0.0158. The first-order valence-electron chi connectivity index (χ1n) is 4.12. The van der Waals surface area contributed by atoms with E-state index in [0.717, 1.165) is 26.0 Å². The van der Waals surface area contributed by atoms with Crippen molar-refractivity contribution in [2.24, 2.45) is 0 Å². The molecule has 0 heterocycles. The van der Waals surface area contributed by atoms with E-state index < -0.39 is 0 Å². The van der Waals surface area contributed by atoms with Crippen molar-refractivity contribution >= 4 is 0 Å². The van der Waals surface area contributed by atoms with E-state index in [-0.39, 0.29) is 0 Å². The number of hydrogen-bond acceptors (Lipinski definition) is 3. The van der Waals surface area contributed by atoms with Crippen LogP contribution >= 0.6 is 0 Å². The second-order valence-electron chi connectivity index (χ2n) is 2.97. The van der Waals surface area contributed by atoms with Crippen LogP contribution in [0, 0.1) is 0 Å². The van der Waals surface area contributed by atoms with Crippen molar-refractivity contribution < 1.29 is 9.47 Å². The van der Waals surface area contributed by atoms with Crippen LogP contribution in [0.4, 0.5) is 0 Å². The van der Waals surface area contributed by atoms with Gasteiger partial charge in [-0.25, -0.2) is 0 Å². The van der Waals surface area contributed by atoms with Crippen LogP contribution in [0.2, 0.25) is 0 Å². The molecule has 3 nitrogen and oxygen atoms in total. The van der Waals surface area contributed by atoms with E-state index in [0.29, 0.717) is 12.1 Å². The highest BCUT2D eigenvalue weighted by Gasteiger charge is 2.27. The molecule has 1 N–H and O–H groups in total. The summed E-state index contributed by atoms with van der Waals surface area (Å²) in [6, 6.07) is 0.662. The zero-order valence-electron chi connectivity index (χ0n) is 7.30. The van der Waals surface area contributed by atoms with E-state index in [2.05, 4.69) is 5.32 Å². The fraction of sp³-hybridized carbons (Fsp3) is 1.00. The van der Waals surface area contributed by atoms with E-state index in [9.17, 15) is 0 Å². The van der Waals surface area contributed by atoms with Gasteiger partial charge in [0.15, 0.2) is 0 Å². The first-order valence-corrected chi connectivity index (χ1v) is 4.12. The van der Waals surface area contributed by atoms with Gasteiger partial charge in [-0.3, -0.25) is 0 Å². The van der Waals surface area contributed by atoms with Crippen LogP contribution in [-0.2, 0) is 9.47 Å². The topological polar surface area (TPSA) is 30.5 Å². The summed E-state index contributed by atoms with van der Waals surface area (Å²) in [5.41, 5.74) is 0. The quantitative estimate of drug-likeness (QED) is 0.589. The SMILES string of the molecule is COCCNC1CC(OC)C1. The molecule has 0 saturated heterocycles. The third-order valence-corrected chi connectivity index (χ3v) is 2.17. The van der Waals surface area contributed by atoms with E-state index in [1.54, 1.807) is 14.2 Å². The Bertz CT molecular complexity index is 102. The molecule has 1 aliphatic carbocycles. The minimum Gasteiger partial charge on any atom is -0.383 e. The van der Waals surface area contributed by atoms with Gasteiger partial charge in [0.2, 0.25) is 0 Å². The van der Waals surface area contributed by atoms with Gasteiger partial charge in [-0.15, -0.1) is 0 Å². The minimum absolute atomic E-state index is 0.495. The lowest BCUT2D eigenvalue weighted by Crippen LogP contribution is -2.45. The van der Waals surface area contributed by atoms with Crippen LogP contribution < -0.4 is 5.32 Å². The van der Waals surface area contributed by atoms with E-state index in [1.165, 1.54) is 0 Å². The van der Waals surface area contributed by atoms with Gasteiger partial charge < -0.3 is 14.8 Å². The van der Waals surface area contributed by atoms with E-state index in [1.807, 2.05) is 0 Å². The molecule has 1 rings (SSSR count). The summed E-state index contributed by atoms with van der Waals surface area (Å²) in [6.45, 7) is 1.76. The van der Waals surface area contributed by atoms with Gasteiger partial charge in [-0.05, 0) is 12.8 Å². The Hall–Kier alpha value is -0.120. The summed E-state index contributed by atoms with van der Waals surface area (Å²) in [4.78, 5) is 0. The maximum Gasteiger partial charge on any atom is 0.0601 e. The first-order chi connectivity index (χ1) is 5.36. The van der Waals surface area contributed by atoms with Gasteiger partial charge in [-0.2, -0.15) is 0 Å². The summed E-state index contributed by atoms with van der Waals surface area (Å²) >= 11 is 0. The number of ether oxygens (including phenoxy) is 2. The van der Waals surface area contributed by atoms with Gasteiger partial charge in [0.1, 0.15) is 0 Å². The molecule has 0 atom stereocenters. The Morgan fingerprint density at radius 1 is 1.36 bits per heavy atom. The predicted molar refractivity (Wildman–Crippen MR) is 43.7 cm³/mol. The van der Waals surface area contributed by atoms with Gasteiger partial charge in [0, 0.05) is 26.8 Å². The van der Waals surface area contributed by atoms with Crippen LogP contribution in [-0.4, -0.2) is 39.5 Å².